The second-order valence-electron chi connectivity index (χ2n) is 2.91. The van der Waals surface area contributed by atoms with Crippen LogP contribution >= 0.6 is 0 Å². The van der Waals surface area contributed by atoms with Crippen molar-refractivity contribution in [3.8, 4) is 0 Å². The molecule has 0 bridgehead atoms. The highest BCUT2D eigenvalue weighted by Gasteiger charge is 2.30. The quantitative estimate of drug-likeness (QED) is 0.666. The van der Waals surface area contributed by atoms with Crippen molar-refractivity contribution in [1.82, 2.24) is 5.32 Å². The summed E-state index contributed by atoms with van der Waals surface area (Å²) in [7, 11) is 0. The fourth-order valence-corrected chi connectivity index (χ4v) is 0.874. The molecule has 1 unspecified atom stereocenters. The molecule has 1 atom stereocenters. The van der Waals surface area contributed by atoms with Gasteiger partial charge in [-0.1, -0.05) is 0 Å². The number of aliphatic carboxylic acids is 1. The minimum Gasteiger partial charge on any atom is -0.481 e. The van der Waals surface area contributed by atoms with E-state index in [2.05, 4.69) is 0 Å². The average molecular weight is 223 g/mol. The van der Waals surface area contributed by atoms with Crippen LogP contribution in [0.15, 0.2) is 0 Å². The molecule has 5 nitrogen and oxygen atoms in total. The number of carbonyl (C=O) groups excluding carboxylic acids is 2. The molecule has 0 fully saturated rings. The van der Waals surface area contributed by atoms with Crippen LogP contribution in [0.25, 0.3) is 0 Å². The lowest BCUT2D eigenvalue weighted by Gasteiger charge is -2.12. The fourth-order valence-electron chi connectivity index (χ4n) is 0.874. The predicted octanol–water partition coefficient (Wildman–Crippen LogP) is 0.0476. The van der Waals surface area contributed by atoms with Crippen molar-refractivity contribution in [2.75, 3.05) is 6.54 Å². The molecule has 0 aliphatic carbocycles. The molecule has 0 saturated heterocycles. The highest BCUT2D eigenvalue weighted by molar-refractivity contribution is 5.89. The number of rotatable bonds is 6. The molecule has 0 spiro atoms. The lowest BCUT2D eigenvalue weighted by molar-refractivity contribution is -0.143. The zero-order valence-corrected chi connectivity index (χ0v) is 8.00. The Hall–Kier alpha value is -1.53. The van der Waals surface area contributed by atoms with Gasteiger partial charge in [0, 0.05) is 6.92 Å². The van der Waals surface area contributed by atoms with Crippen molar-refractivity contribution < 1.29 is 28.3 Å². The third-order valence-corrected chi connectivity index (χ3v) is 1.62. The number of ketones is 1. The smallest absolute Gasteiger partial charge is 0.304 e. The molecule has 0 aromatic rings. The van der Waals surface area contributed by atoms with E-state index in [-0.39, 0.29) is 0 Å². The molecule has 2 N–H and O–H groups in total. The summed E-state index contributed by atoms with van der Waals surface area (Å²) in [6, 6.07) is 0. The zero-order chi connectivity index (χ0) is 12.0. The molecular formula is C8H11F2NO4. The standard InChI is InChI=1S/C8H11F2NO4/c1-4(12)11-3-6(13)5(8(9)10)2-7(14)15/h5,8H,2-3H2,1H3,(H,11,12)(H,14,15). The number of halogens is 2. The Kier molecular flexibility index (Phi) is 5.43. The van der Waals surface area contributed by atoms with Crippen LogP contribution in [0.4, 0.5) is 8.78 Å². The summed E-state index contributed by atoms with van der Waals surface area (Å²) >= 11 is 0. The molecule has 15 heavy (non-hydrogen) atoms. The Balaban J connectivity index is 4.29. The first-order valence-electron chi connectivity index (χ1n) is 4.11. The summed E-state index contributed by atoms with van der Waals surface area (Å²) in [6.45, 7) is 0.555. The minimum absolute atomic E-state index is 0.535. The van der Waals surface area contributed by atoms with Gasteiger partial charge in [-0.15, -0.1) is 0 Å². The normalized spacial score (nSPS) is 12.3. The number of hydrogen-bond acceptors (Lipinski definition) is 3. The molecule has 86 valence electrons. The lowest BCUT2D eigenvalue weighted by atomic mass is 10.0. The number of alkyl halides is 2. The largest absolute Gasteiger partial charge is 0.481 e. The first-order chi connectivity index (χ1) is 6.84. The SMILES string of the molecule is CC(=O)NCC(=O)C(CC(=O)O)C(F)F. The van der Waals surface area contributed by atoms with Crippen molar-refractivity contribution in [3.05, 3.63) is 0 Å². The molecule has 0 saturated carbocycles. The Morgan fingerprint density at radius 2 is 1.87 bits per heavy atom. The first-order valence-corrected chi connectivity index (χ1v) is 4.11. The van der Waals surface area contributed by atoms with Gasteiger partial charge in [0.2, 0.25) is 12.3 Å². The summed E-state index contributed by atoms with van der Waals surface area (Å²) in [5.74, 6) is -4.86. The van der Waals surface area contributed by atoms with E-state index in [1.807, 2.05) is 5.32 Å². The Labute approximate surface area is 84.5 Å². The Bertz CT molecular complexity index is 267. The van der Waals surface area contributed by atoms with Crippen molar-refractivity contribution in [3.63, 3.8) is 0 Å². The highest BCUT2D eigenvalue weighted by Crippen LogP contribution is 2.15. The summed E-state index contributed by atoms with van der Waals surface area (Å²) in [5, 5.41) is 10.3. The van der Waals surface area contributed by atoms with Crippen LogP contribution in [0.5, 0.6) is 0 Å². The van der Waals surface area contributed by atoms with E-state index >= 15 is 0 Å². The molecule has 7 heteroatoms. The van der Waals surface area contributed by atoms with Gasteiger partial charge in [0.15, 0.2) is 5.78 Å². The molecule has 0 radical (unpaired) electrons. The van der Waals surface area contributed by atoms with Crippen molar-refractivity contribution in [2.24, 2.45) is 5.92 Å². The van der Waals surface area contributed by atoms with Gasteiger partial charge < -0.3 is 10.4 Å². The maximum atomic E-state index is 12.2. The van der Waals surface area contributed by atoms with Gasteiger partial charge in [0.1, 0.15) is 0 Å². The molecule has 0 heterocycles. The minimum atomic E-state index is -3.04. The number of nitrogens with one attached hydrogen (secondary N) is 1. The molecule has 0 aromatic carbocycles. The summed E-state index contributed by atoms with van der Waals surface area (Å²) in [6.07, 6.45) is -3.97. The Morgan fingerprint density at radius 3 is 2.20 bits per heavy atom. The molecule has 0 rings (SSSR count). The van der Waals surface area contributed by atoms with Crippen molar-refractivity contribution >= 4 is 17.7 Å². The predicted molar refractivity (Wildman–Crippen MR) is 45.4 cm³/mol. The maximum absolute atomic E-state index is 12.2. The van der Waals surface area contributed by atoms with Crippen molar-refractivity contribution in [1.29, 1.82) is 0 Å². The van der Waals surface area contributed by atoms with Crippen LogP contribution in [0.3, 0.4) is 0 Å². The third-order valence-electron chi connectivity index (χ3n) is 1.62. The van der Waals surface area contributed by atoms with Gasteiger partial charge in [-0.3, -0.25) is 14.4 Å². The topological polar surface area (TPSA) is 83.5 Å². The Morgan fingerprint density at radius 1 is 1.33 bits per heavy atom. The summed E-state index contributed by atoms with van der Waals surface area (Å²) in [5.41, 5.74) is 0. The van der Waals surface area contributed by atoms with Gasteiger partial charge in [-0.2, -0.15) is 0 Å². The van der Waals surface area contributed by atoms with Crippen molar-refractivity contribution in [2.45, 2.75) is 19.8 Å². The fraction of sp³-hybridized carbons (Fsp3) is 0.625. The van der Waals surface area contributed by atoms with E-state index < -0.39 is 43.0 Å². The third kappa shape index (κ3) is 5.71. The van der Waals surface area contributed by atoms with E-state index in [0.717, 1.165) is 6.92 Å². The number of carboxylic acid groups (broad SMARTS) is 1. The maximum Gasteiger partial charge on any atom is 0.304 e. The average Bonchev–Trinajstić information content (AvgIpc) is 2.09. The number of carbonyl (C=O) groups is 3. The summed E-state index contributed by atoms with van der Waals surface area (Å²) < 4.78 is 24.5. The van der Waals surface area contributed by atoms with Gasteiger partial charge in [0.05, 0.1) is 18.9 Å². The van der Waals surface area contributed by atoms with Gasteiger partial charge in [-0.05, 0) is 0 Å². The van der Waals surface area contributed by atoms with E-state index in [1.165, 1.54) is 0 Å². The van der Waals surface area contributed by atoms with Crippen LogP contribution in [0.1, 0.15) is 13.3 Å². The van der Waals surface area contributed by atoms with Gasteiger partial charge in [0.25, 0.3) is 0 Å². The van der Waals surface area contributed by atoms with Gasteiger partial charge in [-0.25, -0.2) is 8.78 Å². The second kappa shape index (κ2) is 6.05. The second-order valence-corrected chi connectivity index (χ2v) is 2.91. The molecule has 0 aromatic heterocycles. The number of hydrogen-bond donors (Lipinski definition) is 2. The van der Waals surface area contributed by atoms with Crippen LogP contribution in [-0.4, -0.2) is 35.7 Å². The number of Topliss-reactive ketones (excluding diaryl/α,β-unsaturated/α-hetero) is 1. The molecule has 0 aliphatic heterocycles. The van der Waals surface area contributed by atoms with Crippen LogP contribution in [0, 0.1) is 5.92 Å². The van der Waals surface area contributed by atoms with E-state index in [1.54, 1.807) is 0 Å². The lowest BCUT2D eigenvalue weighted by Crippen LogP contribution is -2.35. The zero-order valence-electron chi connectivity index (χ0n) is 8.00. The van der Waals surface area contributed by atoms with Gasteiger partial charge >= 0.3 is 5.97 Å². The molecular weight excluding hydrogens is 212 g/mol. The van der Waals surface area contributed by atoms with E-state index in [9.17, 15) is 23.2 Å². The summed E-state index contributed by atoms with van der Waals surface area (Å²) in [4.78, 5) is 31.6. The monoisotopic (exact) mass is 223 g/mol. The molecule has 0 aliphatic rings. The highest BCUT2D eigenvalue weighted by atomic mass is 19.3. The van der Waals surface area contributed by atoms with E-state index in [0.29, 0.717) is 0 Å². The van der Waals surface area contributed by atoms with Crippen LogP contribution in [-0.2, 0) is 14.4 Å². The molecule has 1 amide bonds. The van der Waals surface area contributed by atoms with Crippen LogP contribution < -0.4 is 5.32 Å². The van der Waals surface area contributed by atoms with E-state index in [4.69, 9.17) is 5.11 Å². The number of carboxylic acids is 1. The number of amides is 1. The first kappa shape index (κ1) is 13.5. The van der Waals surface area contributed by atoms with Crippen LogP contribution in [0.2, 0.25) is 0 Å².